The van der Waals surface area contributed by atoms with E-state index < -0.39 is 0 Å². The highest BCUT2D eigenvalue weighted by atomic mass is 16.1. The molecule has 1 saturated heterocycles. The van der Waals surface area contributed by atoms with Gasteiger partial charge in [0.25, 0.3) is 5.91 Å². The molecule has 0 bridgehead atoms. The number of benzene rings is 3. The predicted octanol–water partition coefficient (Wildman–Crippen LogP) is 4.86. The van der Waals surface area contributed by atoms with Crippen molar-refractivity contribution in [3.05, 3.63) is 108 Å². The van der Waals surface area contributed by atoms with Crippen LogP contribution < -0.4 is 16.4 Å². The first kappa shape index (κ1) is 26.0. The van der Waals surface area contributed by atoms with Crippen molar-refractivity contribution in [2.45, 2.75) is 37.6 Å². The van der Waals surface area contributed by atoms with Gasteiger partial charge in [0.15, 0.2) is 11.5 Å². The summed E-state index contributed by atoms with van der Waals surface area (Å²) in [5, 5.41) is 11.6. The van der Waals surface area contributed by atoms with Crippen molar-refractivity contribution >= 4 is 11.7 Å². The molecule has 3 aromatic carbocycles. The lowest BCUT2D eigenvalue weighted by Crippen LogP contribution is -2.30. The molecule has 2 aromatic heterocycles. The van der Waals surface area contributed by atoms with Gasteiger partial charge in [-0.25, -0.2) is 19.6 Å². The number of aromatic nitrogens is 5. The molecule has 2 unspecified atom stereocenters. The van der Waals surface area contributed by atoms with Gasteiger partial charge in [-0.3, -0.25) is 4.79 Å². The number of hydrogen-bond acceptors (Lipinski definition) is 7. The average molecular weight is 557 g/mol. The van der Waals surface area contributed by atoms with Crippen LogP contribution in [-0.2, 0) is 6.42 Å². The summed E-state index contributed by atoms with van der Waals surface area (Å²) < 4.78 is 1.90. The largest absolute Gasteiger partial charge is 0.382 e. The van der Waals surface area contributed by atoms with Gasteiger partial charge >= 0.3 is 0 Å². The predicted molar refractivity (Wildman–Crippen MR) is 162 cm³/mol. The van der Waals surface area contributed by atoms with Crippen LogP contribution in [0.15, 0.2) is 85.1 Å². The van der Waals surface area contributed by atoms with Gasteiger partial charge in [0.05, 0.1) is 23.6 Å². The van der Waals surface area contributed by atoms with E-state index in [4.69, 9.17) is 20.8 Å². The highest BCUT2D eigenvalue weighted by Gasteiger charge is 2.26. The molecule has 9 heteroatoms. The van der Waals surface area contributed by atoms with Gasteiger partial charge in [0.1, 0.15) is 5.82 Å². The molecule has 3 heterocycles. The topological polar surface area (TPSA) is 124 Å². The van der Waals surface area contributed by atoms with Crippen LogP contribution in [0.25, 0.3) is 28.5 Å². The minimum Gasteiger partial charge on any atom is -0.382 e. The normalized spacial score (nSPS) is 18.0. The maximum Gasteiger partial charge on any atom is 0.251 e. The van der Waals surface area contributed by atoms with Crippen molar-refractivity contribution < 1.29 is 4.79 Å². The van der Waals surface area contributed by atoms with Gasteiger partial charge in [-0.2, -0.15) is 0 Å². The molecule has 5 aromatic rings. The van der Waals surface area contributed by atoms with Crippen LogP contribution in [0.5, 0.6) is 0 Å². The van der Waals surface area contributed by atoms with Crippen LogP contribution in [0.2, 0.25) is 0 Å². The zero-order valence-corrected chi connectivity index (χ0v) is 23.2. The van der Waals surface area contributed by atoms with E-state index in [0.717, 1.165) is 55.8 Å². The van der Waals surface area contributed by atoms with Crippen molar-refractivity contribution in [3.63, 3.8) is 0 Å². The first-order valence-electron chi connectivity index (χ1n) is 14.5. The summed E-state index contributed by atoms with van der Waals surface area (Å²) in [4.78, 5) is 27.5. The summed E-state index contributed by atoms with van der Waals surface area (Å²) in [5.74, 6) is 1.67. The van der Waals surface area contributed by atoms with E-state index in [-0.39, 0.29) is 23.7 Å². The number of carbonyl (C=O) groups is 1. The molecule has 4 N–H and O–H groups in total. The van der Waals surface area contributed by atoms with Crippen LogP contribution in [-0.4, -0.2) is 43.7 Å². The highest BCUT2D eigenvalue weighted by Crippen LogP contribution is 2.32. The lowest BCUT2D eigenvalue weighted by molar-refractivity contribution is 0.0936. The number of nitrogens with zero attached hydrogens (tertiary/aromatic N) is 5. The monoisotopic (exact) mass is 556 g/mol. The third kappa shape index (κ3) is 5.03. The third-order valence-electron chi connectivity index (χ3n) is 8.17. The number of nitrogen functional groups attached to an aromatic ring is 1. The highest BCUT2D eigenvalue weighted by molar-refractivity contribution is 5.95. The maximum absolute atomic E-state index is 13.3. The molecule has 1 aliphatic carbocycles. The molecule has 2 aliphatic rings. The number of fused-ring (bicyclic) bond motifs is 1. The van der Waals surface area contributed by atoms with E-state index >= 15 is 0 Å². The molecule has 1 amide bonds. The number of piperidine rings is 1. The first-order valence-corrected chi connectivity index (χ1v) is 14.5. The molecule has 2 atom stereocenters. The van der Waals surface area contributed by atoms with E-state index in [9.17, 15) is 4.79 Å². The van der Waals surface area contributed by atoms with Crippen molar-refractivity contribution in [1.29, 1.82) is 0 Å². The van der Waals surface area contributed by atoms with Crippen molar-refractivity contribution in [3.8, 4) is 28.5 Å². The number of nitrogens with one attached hydrogen (secondary N) is 2. The fraction of sp³-hybridized carbons (Fsp3) is 0.242. The Balaban J connectivity index is 1.20. The van der Waals surface area contributed by atoms with Gasteiger partial charge in [0.2, 0.25) is 5.82 Å². The second-order valence-electron chi connectivity index (χ2n) is 10.9. The van der Waals surface area contributed by atoms with Gasteiger partial charge in [-0.1, -0.05) is 54.6 Å². The van der Waals surface area contributed by atoms with Gasteiger partial charge in [-0.05, 0) is 67.6 Å². The van der Waals surface area contributed by atoms with Crippen molar-refractivity contribution in [2.24, 2.45) is 0 Å². The fourth-order valence-electron chi connectivity index (χ4n) is 5.99. The zero-order valence-electron chi connectivity index (χ0n) is 23.2. The number of para-hydroxylation sites is 1. The maximum atomic E-state index is 13.3. The van der Waals surface area contributed by atoms with E-state index in [1.807, 2.05) is 71.4 Å². The third-order valence-corrected chi connectivity index (χ3v) is 8.17. The SMILES string of the molecule is Nc1ncc(-c2cccc(C(=O)NC3CCc4ccccc43)c2)nc1-c1nc(C2CCCNC2)n(-c2ccccc2)n1. The quantitative estimate of drug-likeness (QED) is 0.273. The fourth-order valence-corrected chi connectivity index (χ4v) is 5.99. The number of hydrogen-bond donors (Lipinski definition) is 3. The molecule has 42 heavy (non-hydrogen) atoms. The lowest BCUT2D eigenvalue weighted by atomic mass is 9.99. The summed E-state index contributed by atoms with van der Waals surface area (Å²) in [6.07, 6.45) is 5.61. The summed E-state index contributed by atoms with van der Waals surface area (Å²) in [7, 11) is 0. The van der Waals surface area contributed by atoms with Crippen molar-refractivity contribution in [1.82, 2.24) is 35.4 Å². The molecular formula is C33H32N8O. The summed E-state index contributed by atoms with van der Waals surface area (Å²) in [6.45, 7) is 1.85. The zero-order chi connectivity index (χ0) is 28.5. The molecule has 1 aliphatic heterocycles. The standard InChI is InChI=1S/C33H32N8O/c34-30-29(31-39-32(24-11-7-17-35-19-24)41(40-31)25-12-2-1-3-13-25)37-28(20-36-30)22-9-6-10-23(18-22)33(42)38-27-16-15-21-8-4-5-14-26(21)27/h1-6,8-10,12-14,18,20,24,27,35H,7,11,15-17,19H2,(H2,34,36)(H,38,42). The van der Waals surface area contributed by atoms with Crippen molar-refractivity contribution in [2.75, 3.05) is 18.8 Å². The Morgan fingerprint density at radius 3 is 2.69 bits per heavy atom. The minimum atomic E-state index is -0.115. The Labute approximate surface area is 244 Å². The van der Waals surface area contributed by atoms with Crippen LogP contribution in [0, 0.1) is 0 Å². The van der Waals surface area contributed by atoms with Gasteiger partial charge in [-0.15, -0.1) is 5.10 Å². The Morgan fingerprint density at radius 2 is 1.83 bits per heavy atom. The van der Waals surface area contributed by atoms with E-state index in [2.05, 4.69) is 27.8 Å². The van der Waals surface area contributed by atoms with Crippen LogP contribution in [0.1, 0.15) is 58.5 Å². The van der Waals surface area contributed by atoms with Crippen LogP contribution >= 0.6 is 0 Å². The molecule has 9 nitrogen and oxygen atoms in total. The Morgan fingerprint density at radius 1 is 0.976 bits per heavy atom. The molecule has 1 fully saturated rings. The first-order chi connectivity index (χ1) is 20.6. The Bertz CT molecular complexity index is 1740. The van der Waals surface area contributed by atoms with Crippen LogP contribution in [0.3, 0.4) is 0 Å². The lowest BCUT2D eigenvalue weighted by Gasteiger charge is -2.22. The summed E-state index contributed by atoms with van der Waals surface area (Å²) >= 11 is 0. The van der Waals surface area contributed by atoms with Gasteiger partial charge < -0.3 is 16.4 Å². The smallest absolute Gasteiger partial charge is 0.251 e. The number of carbonyl (C=O) groups excluding carboxylic acids is 1. The molecule has 0 spiro atoms. The van der Waals surface area contributed by atoms with E-state index in [1.54, 1.807) is 6.20 Å². The number of amides is 1. The second kappa shape index (κ2) is 11.2. The summed E-state index contributed by atoms with van der Waals surface area (Å²) in [6, 6.07) is 25.7. The Kier molecular flexibility index (Phi) is 6.93. The number of aryl methyl sites for hydroxylation is 1. The second-order valence-corrected chi connectivity index (χ2v) is 10.9. The minimum absolute atomic E-state index is 0.0136. The molecule has 210 valence electrons. The van der Waals surface area contributed by atoms with Gasteiger partial charge in [0, 0.05) is 23.6 Å². The summed E-state index contributed by atoms with van der Waals surface area (Å²) in [5.41, 5.74) is 12.1. The number of anilines is 1. The number of nitrogens with two attached hydrogens (primary N) is 1. The molecule has 0 radical (unpaired) electrons. The van der Waals surface area contributed by atoms with Crippen LogP contribution in [0.4, 0.5) is 5.82 Å². The van der Waals surface area contributed by atoms with E-state index in [1.165, 1.54) is 11.1 Å². The number of rotatable bonds is 6. The molecular weight excluding hydrogens is 524 g/mol. The molecule has 7 rings (SSSR count). The van der Waals surface area contributed by atoms with E-state index in [0.29, 0.717) is 22.8 Å². The Hall–Kier alpha value is -4.89. The average Bonchev–Trinajstić information content (AvgIpc) is 3.67. The molecule has 0 saturated carbocycles.